The van der Waals surface area contributed by atoms with Crippen LogP contribution in [-0.2, 0) is 9.59 Å². The van der Waals surface area contributed by atoms with Crippen LogP contribution in [0.5, 0.6) is 0 Å². The van der Waals surface area contributed by atoms with E-state index in [-0.39, 0.29) is 24.6 Å². The van der Waals surface area contributed by atoms with Crippen molar-refractivity contribution in [2.24, 2.45) is 11.8 Å². The fourth-order valence-electron chi connectivity index (χ4n) is 2.03. The Morgan fingerprint density at radius 1 is 1.22 bits per heavy atom. The highest BCUT2D eigenvalue weighted by Gasteiger charge is 2.19. The molecular formula is C16H21FN2O4. The smallest absolute Gasteiger partial charge is 0.308 e. The minimum absolute atomic E-state index is 0.00216. The van der Waals surface area contributed by atoms with Gasteiger partial charge in [0.15, 0.2) is 0 Å². The molecule has 0 aromatic heterocycles. The number of carboxylic acids is 1. The van der Waals surface area contributed by atoms with Gasteiger partial charge in [-0.3, -0.25) is 14.4 Å². The molecule has 0 aliphatic heterocycles. The zero-order chi connectivity index (χ0) is 17.4. The highest BCUT2D eigenvalue weighted by atomic mass is 19.1. The van der Waals surface area contributed by atoms with Gasteiger partial charge in [-0.2, -0.15) is 0 Å². The van der Waals surface area contributed by atoms with Crippen molar-refractivity contribution in [2.45, 2.75) is 20.3 Å². The first-order chi connectivity index (χ1) is 10.8. The number of carbonyl (C=O) groups excluding carboxylic acids is 2. The van der Waals surface area contributed by atoms with E-state index in [1.54, 1.807) is 0 Å². The summed E-state index contributed by atoms with van der Waals surface area (Å²) in [5.41, 5.74) is 0.112. The second-order valence-corrected chi connectivity index (χ2v) is 5.66. The van der Waals surface area contributed by atoms with Crippen molar-refractivity contribution in [3.8, 4) is 0 Å². The Morgan fingerprint density at radius 3 is 2.48 bits per heavy atom. The quantitative estimate of drug-likeness (QED) is 0.674. The molecule has 1 aromatic rings. The number of hydrogen-bond donors (Lipinski definition) is 3. The average Bonchev–Trinajstić information content (AvgIpc) is 2.48. The number of halogens is 1. The minimum atomic E-state index is -0.970. The Kier molecular flexibility index (Phi) is 7.18. The van der Waals surface area contributed by atoms with Crippen molar-refractivity contribution in [2.75, 3.05) is 13.1 Å². The zero-order valence-corrected chi connectivity index (χ0v) is 13.1. The summed E-state index contributed by atoms with van der Waals surface area (Å²) >= 11 is 0. The number of rotatable bonds is 8. The number of nitrogens with one attached hydrogen (secondary N) is 2. The summed E-state index contributed by atoms with van der Waals surface area (Å²) in [4.78, 5) is 34.5. The van der Waals surface area contributed by atoms with Gasteiger partial charge in [-0.25, -0.2) is 4.39 Å². The molecular weight excluding hydrogens is 303 g/mol. The highest BCUT2D eigenvalue weighted by Crippen LogP contribution is 2.11. The molecule has 0 bridgehead atoms. The van der Waals surface area contributed by atoms with Gasteiger partial charge >= 0.3 is 5.97 Å². The first-order valence-electron chi connectivity index (χ1n) is 7.33. The number of benzene rings is 1. The number of carbonyl (C=O) groups is 3. The Hall–Kier alpha value is -2.44. The van der Waals surface area contributed by atoms with Gasteiger partial charge in [0, 0.05) is 12.1 Å². The standard InChI is InChI=1S/C16H21FN2O4/c1-10(2)6-12(16(22)23)8-18-14(20)9-19-15(21)11-4-3-5-13(17)7-11/h3-5,7,10,12H,6,8-9H2,1-2H3,(H,18,20)(H,19,21)(H,22,23). The maximum atomic E-state index is 13.0. The second kappa shape index (κ2) is 8.87. The molecule has 1 aromatic carbocycles. The fraction of sp³-hybridized carbons (Fsp3) is 0.438. The van der Waals surface area contributed by atoms with Gasteiger partial charge in [-0.15, -0.1) is 0 Å². The predicted molar refractivity (Wildman–Crippen MR) is 82.3 cm³/mol. The third kappa shape index (κ3) is 6.90. The second-order valence-electron chi connectivity index (χ2n) is 5.66. The van der Waals surface area contributed by atoms with Gasteiger partial charge < -0.3 is 15.7 Å². The van der Waals surface area contributed by atoms with E-state index in [4.69, 9.17) is 5.11 Å². The normalized spacial score (nSPS) is 11.8. The van der Waals surface area contributed by atoms with Crippen LogP contribution in [0, 0.1) is 17.7 Å². The fourth-order valence-corrected chi connectivity index (χ4v) is 2.03. The van der Waals surface area contributed by atoms with Crippen LogP contribution in [0.3, 0.4) is 0 Å². The molecule has 2 amide bonds. The van der Waals surface area contributed by atoms with E-state index in [0.717, 1.165) is 6.07 Å². The van der Waals surface area contributed by atoms with Crippen LogP contribution < -0.4 is 10.6 Å². The van der Waals surface area contributed by atoms with Gasteiger partial charge in [0.1, 0.15) is 5.82 Å². The SMILES string of the molecule is CC(C)CC(CNC(=O)CNC(=O)c1cccc(F)c1)C(=O)O. The Balaban J connectivity index is 2.41. The summed E-state index contributed by atoms with van der Waals surface area (Å²) in [6.45, 7) is 3.50. The molecule has 23 heavy (non-hydrogen) atoms. The van der Waals surface area contributed by atoms with Crippen molar-refractivity contribution in [3.63, 3.8) is 0 Å². The molecule has 1 rings (SSSR count). The Morgan fingerprint density at radius 2 is 1.91 bits per heavy atom. The van der Waals surface area contributed by atoms with Crippen LogP contribution in [0.25, 0.3) is 0 Å². The van der Waals surface area contributed by atoms with Crippen LogP contribution in [-0.4, -0.2) is 36.0 Å². The molecule has 126 valence electrons. The molecule has 0 fully saturated rings. The topological polar surface area (TPSA) is 95.5 Å². The van der Waals surface area contributed by atoms with Crippen molar-refractivity contribution < 1.29 is 23.9 Å². The van der Waals surface area contributed by atoms with E-state index in [0.29, 0.717) is 6.42 Å². The molecule has 6 nitrogen and oxygen atoms in total. The van der Waals surface area contributed by atoms with Crippen LogP contribution in [0.2, 0.25) is 0 Å². The summed E-state index contributed by atoms with van der Waals surface area (Å²) in [5, 5.41) is 13.9. The number of aliphatic carboxylic acids is 1. The molecule has 0 saturated carbocycles. The zero-order valence-electron chi connectivity index (χ0n) is 13.1. The third-order valence-electron chi connectivity index (χ3n) is 3.15. The molecule has 1 atom stereocenters. The van der Waals surface area contributed by atoms with Crippen molar-refractivity contribution in [1.29, 1.82) is 0 Å². The molecule has 0 radical (unpaired) electrons. The van der Waals surface area contributed by atoms with Gasteiger partial charge in [0.05, 0.1) is 12.5 Å². The molecule has 0 heterocycles. The lowest BCUT2D eigenvalue weighted by atomic mass is 9.97. The largest absolute Gasteiger partial charge is 0.481 e. The van der Waals surface area contributed by atoms with E-state index >= 15 is 0 Å². The van der Waals surface area contributed by atoms with E-state index < -0.39 is 29.5 Å². The maximum absolute atomic E-state index is 13.0. The van der Waals surface area contributed by atoms with Crippen LogP contribution in [0.4, 0.5) is 4.39 Å². The molecule has 0 aliphatic rings. The Bertz CT molecular complexity index is 575. The summed E-state index contributed by atoms with van der Waals surface area (Å²) < 4.78 is 13.0. The third-order valence-corrected chi connectivity index (χ3v) is 3.15. The van der Waals surface area contributed by atoms with Crippen molar-refractivity contribution in [1.82, 2.24) is 10.6 Å². The molecule has 0 spiro atoms. The highest BCUT2D eigenvalue weighted by molar-refractivity contribution is 5.96. The molecule has 7 heteroatoms. The summed E-state index contributed by atoms with van der Waals surface area (Å²) in [5.74, 6) is -3.05. The van der Waals surface area contributed by atoms with Crippen LogP contribution >= 0.6 is 0 Å². The Labute approximate surface area is 134 Å². The lowest BCUT2D eigenvalue weighted by Crippen LogP contribution is -2.40. The summed E-state index contributed by atoms with van der Waals surface area (Å²) in [7, 11) is 0. The monoisotopic (exact) mass is 324 g/mol. The lowest BCUT2D eigenvalue weighted by molar-refractivity contribution is -0.142. The van der Waals surface area contributed by atoms with E-state index in [1.807, 2.05) is 13.8 Å². The van der Waals surface area contributed by atoms with E-state index in [9.17, 15) is 18.8 Å². The number of carboxylic acid groups (broad SMARTS) is 1. The number of amides is 2. The lowest BCUT2D eigenvalue weighted by Gasteiger charge is -2.15. The predicted octanol–water partition coefficient (Wildman–Crippen LogP) is 1.42. The molecule has 0 saturated heterocycles. The minimum Gasteiger partial charge on any atom is -0.481 e. The summed E-state index contributed by atoms with van der Waals surface area (Å²) in [6, 6.07) is 5.10. The van der Waals surface area contributed by atoms with E-state index in [2.05, 4.69) is 10.6 Å². The first-order valence-corrected chi connectivity index (χ1v) is 7.33. The van der Waals surface area contributed by atoms with Gasteiger partial charge in [-0.1, -0.05) is 19.9 Å². The van der Waals surface area contributed by atoms with Crippen molar-refractivity contribution >= 4 is 17.8 Å². The average molecular weight is 324 g/mol. The van der Waals surface area contributed by atoms with Crippen LogP contribution in [0.1, 0.15) is 30.6 Å². The molecule has 3 N–H and O–H groups in total. The molecule has 0 aliphatic carbocycles. The van der Waals surface area contributed by atoms with Gasteiger partial charge in [0.25, 0.3) is 5.91 Å². The maximum Gasteiger partial charge on any atom is 0.308 e. The van der Waals surface area contributed by atoms with Gasteiger partial charge in [0.2, 0.25) is 5.91 Å². The number of hydrogen-bond acceptors (Lipinski definition) is 3. The van der Waals surface area contributed by atoms with Crippen LogP contribution in [0.15, 0.2) is 24.3 Å². The van der Waals surface area contributed by atoms with Crippen molar-refractivity contribution in [3.05, 3.63) is 35.6 Å². The first kappa shape index (κ1) is 18.6. The van der Waals surface area contributed by atoms with E-state index in [1.165, 1.54) is 18.2 Å². The molecule has 1 unspecified atom stereocenters. The van der Waals surface area contributed by atoms with Gasteiger partial charge in [-0.05, 0) is 30.5 Å². The summed E-state index contributed by atoms with van der Waals surface area (Å²) in [6.07, 6.45) is 0.450.